The maximum absolute atomic E-state index is 12.8. The first kappa shape index (κ1) is 22.6. The highest BCUT2D eigenvalue weighted by atomic mass is 32.2. The van der Waals surface area contributed by atoms with Gasteiger partial charge in [-0.15, -0.1) is 0 Å². The number of aromatic nitrogens is 1. The van der Waals surface area contributed by atoms with Crippen LogP contribution < -0.4 is 16.0 Å². The molecule has 0 atom stereocenters. The van der Waals surface area contributed by atoms with E-state index in [4.69, 9.17) is 12.2 Å². The van der Waals surface area contributed by atoms with Crippen LogP contribution in [0.5, 0.6) is 0 Å². The van der Waals surface area contributed by atoms with Crippen LogP contribution in [0.2, 0.25) is 0 Å². The molecule has 1 amide bonds. The Kier molecular flexibility index (Phi) is 7.13. The third kappa shape index (κ3) is 6.43. The summed E-state index contributed by atoms with van der Waals surface area (Å²) < 4.78 is 38.5. The van der Waals surface area contributed by atoms with Gasteiger partial charge in [0.05, 0.1) is 11.1 Å². The molecule has 1 heterocycles. The molecule has 3 N–H and O–H groups in total. The molecule has 0 unspecified atom stereocenters. The number of rotatable bonds is 5. The topological polar surface area (TPSA) is 66.1 Å². The largest absolute Gasteiger partial charge is 0.416 e. The van der Waals surface area contributed by atoms with Gasteiger partial charge >= 0.3 is 6.18 Å². The second-order valence-corrected chi connectivity index (χ2v) is 7.75. The van der Waals surface area contributed by atoms with Gasteiger partial charge in [-0.25, -0.2) is 4.98 Å². The number of amides is 1. The predicted octanol–water partition coefficient (Wildman–Crippen LogP) is 5.42. The summed E-state index contributed by atoms with van der Waals surface area (Å²) in [6.07, 6.45) is -2.91. The number of carbonyl (C=O) groups is 1. The zero-order chi connectivity index (χ0) is 22.4. The number of hydrogen-bond donors (Lipinski definition) is 3. The zero-order valence-electron chi connectivity index (χ0n) is 16.2. The molecule has 3 rings (SSSR count). The third-order valence-electron chi connectivity index (χ3n) is 4.01. The van der Waals surface area contributed by atoms with Gasteiger partial charge in [0.15, 0.2) is 5.11 Å². The molecular weight excluding hydrogens is 445 g/mol. The summed E-state index contributed by atoms with van der Waals surface area (Å²) in [6, 6.07) is 15.6. The highest BCUT2D eigenvalue weighted by Crippen LogP contribution is 2.31. The van der Waals surface area contributed by atoms with Crippen molar-refractivity contribution in [2.75, 3.05) is 17.7 Å². The number of anilines is 2. The Bertz CT molecular complexity index is 1070. The van der Waals surface area contributed by atoms with Gasteiger partial charge in [-0.2, -0.15) is 13.2 Å². The molecule has 0 aliphatic carbocycles. The van der Waals surface area contributed by atoms with Crippen LogP contribution in [0.4, 0.5) is 24.5 Å². The average Bonchev–Trinajstić information content (AvgIpc) is 2.74. The maximum Gasteiger partial charge on any atom is 0.416 e. The van der Waals surface area contributed by atoms with E-state index in [1.165, 1.54) is 30.1 Å². The van der Waals surface area contributed by atoms with Crippen molar-refractivity contribution in [2.45, 2.75) is 16.1 Å². The highest BCUT2D eigenvalue weighted by molar-refractivity contribution is 7.99. The smallest absolute Gasteiger partial charge is 0.355 e. The Balaban J connectivity index is 1.58. The van der Waals surface area contributed by atoms with E-state index >= 15 is 0 Å². The molecule has 0 saturated carbocycles. The molecule has 31 heavy (non-hydrogen) atoms. The fourth-order valence-corrected chi connectivity index (χ4v) is 3.50. The monoisotopic (exact) mass is 462 g/mol. The molecule has 0 aliphatic heterocycles. The van der Waals surface area contributed by atoms with Crippen molar-refractivity contribution in [1.29, 1.82) is 0 Å². The van der Waals surface area contributed by atoms with Crippen molar-refractivity contribution in [3.05, 3.63) is 78.0 Å². The Morgan fingerprint density at radius 2 is 1.71 bits per heavy atom. The van der Waals surface area contributed by atoms with E-state index < -0.39 is 11.7 Å². The molecule has 2 aromatic carbocycles. The van der Waals surface area contributed by atoms with Gasteiger partial charge in [0.25, 0.3) is 5.91 Å². The van der Waals surface area contributed by atoms with Crippen LogP contribution in [0, 0.1) is 0 Å². The first-order valence-corrected chi connectivity index (χ1v) is 10.2. The number of benzene rings is 2. The van der Waals surface area contributed by atoms with Crippen LogP contribution in [0.3, 0.4) is 0 Å². The van der Waals surface area contributed by atoms with Crippen LogP contribution in [0.1, 0.15) is 15.9 Å². The van der Waals surface area contributed by atoms with E-state index in [0.717, 1.165) is 22.1 Å². The van der Waals surface area contributed by atoms with Crippen LogP contribution >= 0.6 is 24.0 Å². The van der Waals surface area contributed by atoms with Gasteiger partial charge < -0.3 is 16.0 Å². The molecule has 0 saturated heterocycles. The summed E-state index contributed by atoms with van der Waals surface area (Å²) in [6.45, 7) is 0. The van der Waals surface area contributed by atoms with E-state index in [9.17, 15) is 18.0 Å². The second kappa shape index (κ2) is 9.80. The van der Waals surface area contributed by atoms with Gasteiger partial charge in [0.2, 0.25) is 0 Å². The van der Waals surface area contributed by atoms with Gasteiger partial charge in [-0.3, -0.25) is 4.79 Å². The van der Waals surface area contributed by atoms with Crippen molar-refractivity contribution in [1.82, 2.24) is 10.3 Å². The minimum atomic E-state index is -4.42. The van der Waals surface area contributed by atoms with Crippen LogP contribution in [0.25, 0.3) is 0 Å². The number of nitrogens with zero attached hydrogens (tertiary/aromatic N) is 1. The standard InChI is InChI=1S/C21H17F3N4OS2/c1-25-19(29)13-5-10-18(26-12-13)31-17-8-6-15(7-9-17)27-20(30)28-16-4-2-3-14(11-16)21(22,23)24/h2-12H,1H3,(H,25,29)(H2,27,28,30). The molecular formula is C21H17F3N4OS2. The lowest BCUT2D eigenvalue weighted by Crippen LogP contribution is -2.19. The highest BCUT2D eigenvalue weighted by Gasteiger charge is 2.30. The normalized spacial score (nSPS) is 11.0. The molecule has 0 aliphatic rings. The van der Waals surface area contributed by atoms with Crippen LogP contribution in [-0.2, 0) is 6.18 Å². The maximum atomic E-state index is 12.8. The van der Waals surface area contributed by atoms with E-state index in [0.29, 0.717) is 11.3 Å². The molecule has 160 valence electrons. The molecule has 3 aromatic rings. The lowest BCUT2D eigenvalue weighted by atomic mass is 10.2. The second-order valence-electron chi connectivity index (χ2n) is 6.25. The van der Waals surface area contributed by atoms with E-state index in [2.05, 4.69) is 20.9 Å². The fraction of sp³-hybridized carbons (Fsp3) is 0.0952. The molecule has 0 radical (unpaired) electrons. The van der Waals surface area contributed by atoms with Crippen LogP contribution in [0.15, 0.2) is 76.8 Å². The molecule has 10 heteroatoms. The number of nitrogens with one attached hydrogen (secondary N) is 3. The fourth-order valence-electron chi connectivity index (χ4n) is 2.51. The molecule has 1 aromatic heterocycles. The summed E-state index contributed by atoms with van der Waals surface area (Å²) >= 11 is 6.61. The molecule has 0 fully saturated rings. The third-order valence-corrected chi connectivity index (χ3v) is 5.17. The van der Waals surface area contributed by atoms with E-state index in [1.54, 1.807) is 31.3 Å². The van der Waals surface area contributed by atoms with Gasteiger partial charge in [0.1, 0.15) is 5.03 Å². The predicted molar refractivity (Wildman–Crippen MR) is 119 cm³/mol. The Morgan fingerprint density at radius 1 is 1.00 bits per heavy atom. The number of hydrogen-bond acceptors (Lipinski definition) is 4. The Morgan fingerprint density at radius 3 is 2.32 bits per heavy atom. The van der Waals surface area contributed by atoms with E-state index in [-0.39, 0.29) is 16.7 Å². The Labute approximate surface area is 186 Å². The lowest BCUT2D eigenvalue weighted by Gasteiger charge is -2.13. The zero-order valence-corrected chi connectivity index (χ0v) is 17.8. The first-order valence-electron chi connectivity index (χ1n) is 8.96. The summed E-state index contributed by atoms with van der Waals surface area (Å²) in [5.41, 5.74) is 0.648. The van der Waals surface area contributed by atoms with Crippen molar-refractivity contribution >= 4 is 46.4 Å². The summed E-state index contributed by atoms with van der Waals surface area (Å²) in [5, 5.41) is 9.13. The van der Waals surface area contributed by atoms with Gasteiger partial charge in [-0.1, -0.05) is 17.8 Å². The van der Waals surface area contributed by atoms with E-state index in [1.807, 2.05) is 12.1 Å². The van der Waals surface area contributed by atoms with Crippen molar-refractivity contribution < 1.29 is 18.0 Å². The van der Waals surface area contributed by atoms with Gasteiger partial charge in [0, 0.05) is 29.5 Å². The lowest BCUT2D eigenvalue weighted by molar-refractivity contribution is -0.137. The first-order chi connectivity index (χ1) is 14.7. The summed E-state index contributed by atoms with van der Waals surface area (Å²) in [4.78, 5) is 16.7. The average molecular weight is 463 g/mol. The van der Waals surface area contributed by atoms with Crippen molar-refractivity contribution in [2.24, 2.45) is 0 Å². The van der Waals surface area contributed by atoms with Crippen molar-refractivity contribution in [3.63, 3.8) is 0 Å². The molecule has 0 spiro atoms. The number of halogens is 3. The molecule has 5 nitrogen and oxygen atoms in total. The SMILES string of the molecule is CNC(=O)c1ccc(Sc2ccc(NC(=S)Nc3cccc(C(F)(F)F)c3)cc2)nc1. The quantitative estimate of drug-likeness (QED) is 0.440. The number of alkyl halides is 3. The van der Waals surface area contributed by atoms with Crippen LogP contribution in [-0.4, -0.2) is 23.1 Å². The summed E-state index contributed by atoms with van der Waals surface area (Å²) in [7, 11) is 1.56. The Hall–Kier alpha value is -3.11. The van der Waals surface area contributed by atoms with Gasteiger partial charge in [-0.05, 0) is 66.8 Å². The number of thiocarbonyl (C=S) groups is 1. The van der Waals surface area contributed by atoms with Crippen molar-refractivity contribution in [3.8, 4) is 0 Å². The number of carbonyl (C=O) groups excluding carboxylic acids is 1. The minimum Gasteiger partial charge on any atom is -0.355 e. The minimum absolute atomic E-state index is 0.172. The number of pyridine rings is 1. The summed E-state index contributed by atoms with van der Waals surface area (Å²) in [5.74, 6) is -0.200. The molecule has 0 bridgehead atoms.